The van der Waals surface area contributed by atoms with Crippen molar-refractivity contribution >= 4 is 0 Å². The molecule has 2 unspecified atom stereocenters. The van der Waals surface area contributed by atoms with Crippen molar-refractivity contribution in [1.29, 1.82) is 0 Å². The van der Waals surface area contributed by atoms with E-state index >= 15 is 0 Å². The smallest absolute Gasteiger partial charge is 0.123 e. The normalized spacial score (nSPS) is 21.4. The SMILES string of the molecule is CC(O)CCC1Cc2ccccc2O1. The molecule has 0 amide bonds. The number of hydrogen-bond acceptors (Lipinski definition) is 2. The maximum Gasteiger partial charge on any atom is 0.123 e. The molecule has 0 spiro atoms. The number of aliphatic hydroxyl groups excluding tert-OH is 1. The second kappa shape index (κ2) is 4.01. The number of benzene rings is 1. The molecule has 0 aromatic heterocycles. The molecule has 1 aromatic carbocycles. The summed E-state index contributed by atoms with van der Waals surface area (Å²) >= 11 is 0. The molecule has 76 valence electrons. The van der Waals surface area contributed by atoms with Gasteiger partial charge in [-0.05, 0) is 31.4 Å². The van der Waals surface area contributed by atoms with Gasteiger partial charge in [-0.2, -0.15) is 0 Å². The standard InChI is InChI=1S/C12H16O2/c1-9(13)6-7-11-8-10-4-2-3-5-12(10)14-11/h2-5,9,11,13H,6-8H2,1H3. The molecule has 1 aliphatic heterocycles. The van der Waals surface area contributed by atoms with E-state index in [9.17, 15) is 5.11 Å². The van der Waals surface area contributed by atoms with Crippen molar-refractivity contribution in [3.05, 3.63) is 29.8 Å². The van der Waals surface area contributed by atoms with E-state index in [1.54, 1.807) is 0 Å². The van der Waals surface area contributed by atoms with Crippen LogP contribution in [0.25, 0.3) is 0 Å². The van der Waals surface area contributed by atoms with Gasteiger partial charge >= 0.3 is 0 Å². The van der Waals surface area contributed by atoms with E-state index in [0.29, 0.717) is 0 Å². The minimum absolute atomic E-state index is 0.220. The van der Waals surface area contributed by atoms with Crippen LogP contribution in [-0.4, -0.2) is 17.3 Å². The lowest BCUT2D eigenvalue weighted by Gasteiger charge is -2.11. The molecule has 2 rings (SSSR count). The van der Waals surface area contributed by atoms with Crippen molar-refractivity contribution in [2.75, 3.05) is 0 Å². The Balaban J connectivity index is 1.92. The Morgan fingerprint density at radius 1 is 1.50 bits per heavy atom. The molecule has 2 atom stereocenters. The fraction of sp³-hybridized carbons (Fsp3) is 0.500. The fourth-order valence-corrected chi connectivity index (χ4v) is 1.84. The van der Waals surface area contributed by atoms with Crippen molar-refractivity contribution in [1.82, 2.24) is 0 Å². The minimum Gasteiger partial charge on any atom is -0.490 e. The summed E-state index contributed by atoms with van der Waals surface area (Å²) in [6.45, 7) is 1.82. The highest BCUT2D eigenvalue weighted by Gasteiger charge is 2.21. The van der Waals surface area contributed by atoms with E-state index in [1.807, 2.05) is 25.1 Å². The molecule has 2 nitrogen and oxygen atoms in total. The van der Waals surface area contributed by atoms with E-state index in [-0.39, 0.29) is 12.2 Å². The van der Waals surface area contributed by atoms with Gasteiger partial charge in [0.25, 0.3) is 0 Å². The molecule has 1 aliphatic rings. The number of fused-ring (bicyclic) bond motifs is 1. The summed E-state index contributed by atoms with van der Waals surface area (Å²) in [5.74, 6) is 1.02. The lowest BCUT2D eigenvalue weighted by molar-refractivity contribution is 0.148. The van der Waals surface area contributed by atoms with Crippen LogP contribution >= 0.6 is 0 Å². The molecule has 14 heavy (non-hydrogen) atoms. The monoisotopic (exact) mass is 192 g/mol. The third-order valence-corrected chi connectivity index (χ3v) is 2.62. The third kappa shape index (κ3) is 2.07. The fourth-order valence-electron chi connectivity index (χ4n) is 1.84. The zero-order valence-corrected chi connectivity index (χ0v) is 8.44. The first-order valence-electron chi connectivity index (χ1n) is 5.18. The maximum atomic E-state index is 9.17. The molecular formula is C12H16O2. The Bertz CT molecular complexity index is 282. The lowest BCUT2D eigenvalue weighted by atomic mass is 10.1. The van der Waals surface area contributed by atoms with Crippen molar-refractivity contribution < 1.29 is 9.84 Å². The largest absolute Gasteiger partial charge is 0.490 e. The quantitative estimate of drug-likeness (QED) is 0.795. The molecule has 1 heterocycles. The highest BCUT2D eigenvalue weighted by atomic mass is 16.5. The molecule has 0 bridgehead atoms. The number of aliphatic hydroxyl groups is 1. The van der Waals surface area contributed by atoms with Crippen LogP contribution in [0.1, 0.15) is 25.3 Å². The number of rotatable bonds is 3. The predicted octanol–water partition coefficient (Wildman–Crippen LogP) is 2.15. The van der Waals surface area contributed by atoms with Gasteiger partial charge in [-0.25, -0.2) is 0 Å². The van der Waals surface area contributed by atoms with Crippen molar-refractivity contribution in [3.8, 4) is 5.75 Å². The number of para-hydroxylation sites is 1. The average molecular weight is 192 g/mol. The molecule has 0 saturated heterocycles. The first-order chi connectivity index (χ1) is 6.75. The van der Waals surface area contributed by atoms with Crippen LogP contribution in [0, 0.1) is 0 Å². The molecule has 0 aliphatic carbocycles. The highest BCUT2D eigenvalue weighted by Crippen LogP contribution is 2.29. The van der Waals surface area contributed by atoms with E-state index in [0.717, 1.165) is 25.0 Å². The molecule has 0 saturated carbocycles. The Kier molecular flexibility index (Phi) is 2.73. The Hall–Kier alpha value is -1.02. The Morgan fingerprint density at radius 2 is 2.29 bits per heavy atom. The summed E-state index contributed by atoms with van der Waals surface area (Å²) in [7, 11) is 0. The average Bonchev–Trinajstić information content (AvgIpc) is 2.57. The summed E-state index contributed by atoms with van der Waals surface area (Å²) in [5, 5.41) is 9.17. The van der Waals surface area contributed by atoms with Crippen molar-refractivity contribution in [2.24, 2.45) is 0 Å². The number of ether oxygens (including phenoxy) is 1. The van der Waals surface area contributed by atoms with Crippen LogP contribution in [0.15, 0.2) is 24.3 Å². The third-order valence-electron chi connectivity index (χ3n) is 2.62. The molecule has 2 heteroatoms. The van der Waals surface area contributed by atoms with Crippen molar-refractivity contribution in [3.63, 3.8) is 0 Å². The Labute approximate surface area is 84.5 Å². The lowest BCUT2D eigenvalue weighted by Crippen LogP contribution is -2.15. The van der Waals surface area contributed by atoms with Gasteiger partial charge in [0.1, 0.15) is 11.9 Å². The summed E-state index contributed by atoms with van der Waals surface area (Å²) in [6, 6.07) is 8.16. The van der Waals surface area contributed by atoms with Gasteiger partial charge in [0, 0.05) is 6.42 Å². The zero-order chi connectivity index (χ0) is 9.97. The second-order valence-electron chi connectivity index (χ2n) is 3.98. The van der Waals surface area contributed by atoms with Crippen LogP contribution in [0.5, 0.6) is 5.75 Å². The van der Waals surface area contributed by atoms with Gasteiger partial charge < -0.3 is 9.84 Å². The van der Waals surface area contributed by atoms with E-state index in [4.69, 9.17) is 4.74 Å². The summed E-state index contributed by atoms with van der Waals surface area (Å²) in [4.78, 5) is 0. The molecule has 0 fully saturated rings. The van der Waals surface area contributed by atoms with Crippen LogP contribution in [0.4, 0.5) is 0 Å². The van der Waals surface area contributed by atoms with E-state index < -0.39 is 0 Å². The molecule has 1 N–H and O–H groups in total. The van der Waals surface area contributed by atoms with Gasteiger partial charge in [0.05, 0.1) is 6.10 Å². The summed E-state index contributed by atoms with van der Waals surface area (Å²) in [5.41, 5.74) is 1.29. The first-order valence-corrected chi connectivity index (χ1v) is 5.18. The second-order valence-corrected chi connectivity index (χ2v) is 3.98. The van der Waals surface area contributed by atoms with Gasteiger partial charge in [0.2, 0.25) is 0 Å². The number of hydrogen-bond donors (Lipinski definition) is 1. The molecule has 1 aromatic rings. The summed E-state index contributed by atoms with van der Waals surface area (Å²) < 4.78 is 5.75. The van der Waals surface area contributed by atoms with E-state index in [1.165, 1.54) is 5.56 Å². The van der Waals surface area contributed by atoms with E-state index in [2.05, 4.69) is 6.07 Å². The van der Waals surface area contributed by atoms with Gasteiger partial charge in [-0.1, -0.05) is 18.2 Å². The van der Waals surface area contributed by atoms with Crippen molar-refractivity contribution in [2.45, 2.75) is 38.4 Å². The van der Waals surface area contributed by atoms with Crippen LogP contribution in [0.2, 0.25) is 0 Å². The molecular weight excluding hydrogens is 176 g/mol. The van der Waals surface area contributed by atoms with Crippen LogP contribution in [-0.2, 0) is 6.42 Å². The summed E-state index contributed by atoms with van der Waals surface area (Å²) in [6.07, 6.45) is 2.79. The van der Waals surface area contributed by atoms with Crippen LogP contribution < -0.4 is 4.74 Å². The maximum absolute atomic E-state index is 9.17. The predicted molar refractivity (Wildman–Crippen MR) is 55.5 cm³/mol. The molecule has 0 radical (unpaired) electrons. The van der Waals surface area contributed by atoms with Gasteiger partial charge in [-0.3, -0.25) is 0 Å². The Morgan fingerprint density at radius 3 is 3.00 bits per heavy atom. The zero-order valence-electron chi connectivity index (χ0n) is 8.44. The highest BCUT2D eigenvalue weighted by molar-refractivity contribution is 5.37. The first kappa shape index (κ1) is 9.53. The van der Waals surface area contributed by atoms with Gasteiger partial charge in [-0.15, -0.1) is 0 Å². The minimum atomic E-state index is -0.220. The topological polar surface area (TPSA) is 29.5 Å². The van der Waals surface area contributed by atoms with Crippen LogP contribution in [0.3, 0.4) is 0 Å². The van der Waals surface area contributed by atoms with Gasteiger partial charge in [0.15, 0.2) is 0 Å².